The Kier molecular flexibility index (Phi) is 4.71. The van der Waals surface area contributed by atoms with E-state index in [0.29, 0.717) is 0 Å². The smallest absolute Gasteiger partial charge is 0.195 e. The number of rotatable bonds is 1. The molecular weight excluding hydrogens is 160 g/mol. The molecule has 0 atom stereocenters. The second kappa shape index (κ2) is 5.31. The van der Waals surface area contributed by atoms with Crippen LogP contribution >= 0.6 is 0 Å². The van der Waals surface area contributed by atoms with Gasteiger partial charge in [0.1, 0.15) is 0 Å². The van der Waals surface area contributed by atoms with E-state index >= 15 is 0 Å². The summed E-state index contributed by atoms with van der Waals surface area (Å²) in [5.41, 5.74) is 2.49. The lowest BCUT2D eigenvalue weighted by Gasteiger charge is -1.86. The van der Waals surface area contributed by atoms with Gasteiger partial charge in [0.15, 0.2) is 6.20 Å². The van der Waals surface area contributed by atoms with E-state index in [9.17, 15) is 0 Å². The zero-order chi connectivity index (χ0) is 9.56. The van der Waals surface area contributed by atoms with Gasteiger partial charge in [-0.15, -0.1) is 5.10 Å². The number of aryl methyl sites for hydroxylation is 2. The Bertz CT molecular complexity index is 228. The first-order valence-corrected chi connectivity index (χ1v) is 3.41. The highest BCUT2D eigenvalue weighted by atomic mass is 16.4. The van der Waals surface area contributed by atoms with Gasteiger partial charge in [-0.3, -0.25) is 0 Å². The minimum atomic E-state index is -1.44. The van der Waals surface area contributed by atoms with Crippen LogP contribution in [0.3, 0.4) is 0 Å². The molecule has 0 fully saturated rings. The molecule has 5 nitrogen and oxygen atoms in total. The van der Waals surface area contributed by atoms with Crippen molar-refractivity contribution in [3.8, 4) is 0 Å². The largest absolute Gasteiger partial charge is 0.548 e. The molecule has 0 amide bonds. The lowest BCUT2D eigenvalue weighted by Crippen LogP contribution is -2.25. The quantitative estimate of drug-likeness (QED) is 0.522. The van der Waals surface area contributed by atoms with Crippen molar-refractivity contribution in [1.29, 1.82) is 0 Å². The topological polar surface area (TPSA) is 90.3 Å². The Morgan fingerprint density at radius 2 is 2.25 bits per heavy atom. The maximum Gasteiger partial charge on any atom is 0.195 e. The molecule has 5 heteroatoms. The predicted octanol–water partition coefficient (Wildman–Crippen LogP) is -1.83. The van der Waals surface area contributed by atoms with Gasteiger partial charge in [0.2, 0.25) is 0 Å². The Morgan fingerprint density at radius 3 is 2.33 bits per heavy atom. The van der Waals surface area contributed by atoms with Crippen LogP contribution in [0.25, 0.3) is 0 Å². The van der Waals surface area contributed by atoms with Crippen LogP contribution < -0.4 is 10.2 Å². The van der Waals surface area contributed by atoms with Gasteiger partial charge < -0.3 is 15.0 Å². The van der Waals surface area contributed by atoms with Gasteiger partial charge in [0.05, 0.1) is 18.3 Å². The number of carboxylic acid groups (broad SMARTS) is 1. The monoisotopic (exact) mass is 172 g/mol. The summed E-state index contributed by atoms with van der Waals surface area (Å²) in [5.74, 6) is -1.44. The maximum absolute atomic E-state index is 9.01. The molecule has 0 saturated carbocycles. The van der Waals surface area contributed by atoms with Crippen LogP contribution in [0.4, 0.5) is 0 Å². The fourth-order valence-corrected chi connectivity index (χ4v) is 0.459. The highest BCUT2D eigenvalue weighted by Gasteiger charge is 1.93. The van der Waals surface area contributed by atoms with Crippen LogP contribution in [0.2, 0.25) is 0 Å². The van der Waals surface area contributed by atoms with E-state index in [0.717, 1.165) is 0 Å². The third kappa shape index (κ3) is 4.45. The maximum atomic E-state index is 9.01. The molecular formula is C7H12N2O3. The second-order valence-corrected chi connectivity index (χ2v) is 2.25. The van der Waals surface area contributed by atoms with Crippen LogP contribution in [0.5, 0.6) is 0 Å². The molecule has 0 saturated heterocycles. The number of carbonyl (C=O) groups excluding carboxylic acids is 1. The Balaban J connectivity index is 0.000000217. The summed E-state index contributed by atoms with van der Waals surface area (Å²) < 4.78 is 0. The van der Waals surface area contributed by atoms with Crippen molar-refractivity contribution in [1.82, 2.24) is 5.10 Å². The number of aliphatic hydroxyl groups is 1. The van der Waals surface area contributed by atoms with E-state index in [-0.39, 0.29) is 0 Å². The molecule has 0 aliphatic heterocycles. The minimum absolute atomic E-state index is 0.889. The van der Waals surface area contributed by atoms with Crippen LogP contribution in [0, 0.1) is 13.8 Å². The highest BCUT2D eigenvalue weighted by molar-refractivity contribution is 5.65. The van der Waals surface area contributed by atoms with Crippen molar-refractivity contribution in [2.75, 3.05) is 6.61 Å². The van der Waals surface area contributed by atoms with Crippen molar-refractivity contribution in [2.24, 2.45) is 0 Å². The lowest BCUT2D eigenvalue weighted by atomic mass is 10.3. The summed E-state index contributed by atoms with van der Waals surface area (Å²) in [6.45, 7) is 3.20. The van der Waals surface area contributed by atoms with Gasteiger partial charge in [-0.05, 0) is 13.8 Å². The number of aliphatic carboxylic acids is 1. The van der Waals surface area contributed by atoms with Gasteiger partial charge in [-0.25, -0.2) is 0 Å². The first kappa shape index (κ1) is 10.6. The Labute approximate surface area is 70.0 Å². The average Bonchev–Trinajstić information content (AvgIpc) is 2.37. The fraction of sp³-hybridized carbons (Fsp3) is 0.429. The highest BCUT2D eigenvalue weighted by Crippen LogP contribution is 1.93. The van der Waals surface area contributed by atoms with E-state index < -0.39 is 12.6 Å². The van der Waals surface area contributed by atoms with E-state index in [1.54, 1.807) is 0 Å². The predicted molar refractivity (Wildman–Crippen MR) is 38.9 cm³/mol. The third-order valence-electron chi connectivity index (χ3n) is 1.27. The van der Waals surface area contributed by atoms with Crippen molar-refractivity contribution in [3.05, 3.63) is 17.5 Å². The molecule has 3 N–H and O–H groups in total. The summed E-state index contributed by atoms with van der Waals surface area (Å²) in [5, 5.41) is 22.3. The number of aromatic amines is 2. The fourth-order valence-electron chi connectivity index (χ4n) is 0.459. The molecule has 68 valence electrons. The number of aliphatic hydroxyl groups excluding tert-OH is 1. The third-order valence-corrected chi connectivity index (χ3v) is 1.27. The molecule has 12 heavy (non-hydrogen) atoms. The number of hydrogen-bond donors (Lipinski definition) is 2. The van der Waals surface area contributed by atoms with Crippen LogP contribution in [-0.2, 0) is 4.79 Å². The molecule has 0 spiro atoms. The van der Waals surface area contributed by atoms with E-state index in [1.165, 1.54) is 11.3 Å². The molecule has 0 unspecified atom stereocenters. The molecule has 1 aromatic rings. The van der Waals surface area contributed by atoms with E-state index in [1.807, 2.05) is 13.1 Å². The molecule has 1 aromatic heterocycles. The first-order chi connectivity index (χ1) is 5.57. The van der Waals surface area contributed by atoms with Gasteiger partial charge >= 0.3 is 0 Å². The number of aromatic nitrogens is 2. The molecule has 1 heterocycles. The average molecular weight is 172 g/mol. The van der Waals surface area contributed by atoms with Gasteiger partial charge in [0.25, 0.3) is 0 Å². The number of carbonyl (C=O) groups is 1. The Hall–Kier alpha value is -1.36. The van der Waals surface area contributed by atoms with Crippen molar-refractivity contribution in [2.45, 2.75) is 13.8 Å². The number of nitrogens with one attached hydrogen (secondary N) is 2. The Morgan fingerprint density at radius 1 is 1.75 bits per heavy atom. The van der Waals surface area contributed by atoms with Gasteiger partial charge in [0, 0.05) is 5.56 Å². The first-order valence-electron chi connectivity index (χ1n) is 3.41. The van der Waals surface area contributed by atoms with Crippen LogP contribution in [-0.4, -0.2) is 22.8 Å². The molecule has 0 bridgehead atoms. The van der Waals surface area contributed by atoms with E-state index in [4.69, 9.17) is 15.0 Å². The lowest BCUT2D eigenvalue weighted by molar-refractivity contribution is -0.449. The summed E-state index contributed by atoms with van der Waals surface area (Å²) in [4.78, 5) is 9.01. The second-order valence-electron chi connectivity index (χ2n) is 2.25. The van der Waals surface area contributed by atoms with Crippen molar-refractivity contribution in [3.63, 3.8) is 0 Å². The normalized spacial score (nSPS) is 8.58. The SMILES string of the molecule is Cc1c[nH+][nH]c1C.O=C([O-])CO. The molecule has 0 aromatic carbocycles. The number of H-pyrrole nitrogens is 2. The van der Waals surface area contributed by atoms with Crippen molar-refractivity contribution >= 4 is 5.97 Å². The number of carboxylic acids is 1. The summed E-state index contributed by atoms with van der Waals surface area (Å²) in [7, 11) is 0. The van der Waals surface area contributed by atoms with Gasteiger partial charge in [-0.1, -0.05) is 0 Å². The van der Waals surface area contributed by atoms with E-state index in [2.05, 4.69) is 17.1 Å². The molecule has 0 aliphatic rings. The zero-order valence-corrected chi connectivity index (χ0v) is 7.05. The summed E-state index contributed by atoms with van der Waals surface area (Å²) in [6.07, 6.45) is 1.94. The molecule has 0 radical (unpaired) electrons. The van der Waals surface area contributed by atoms with Crippen molar-refractivity contribution < 1.29 is 20.1 Å². The summed E-state index contributed by atoms with van der Waals surface area (Å²) >= 11 is 0. The number of hydrogen-bond acceptors (Lipinski definition) is 3. The summed E-state index contributed by atoms with van der Waals surface area (Å²) in [6, 6.07) is 0. The molecule has 1 rings (SSSR count). The zero-order valence-electron chi connectivity index (χ0n) is 7.05. The minimum Gasteiger partial charge on any atom is -0.548 e. The standard InChI is InChI=1S/C5H8N2.C2H4O3/c1-4-3-6-7-5(4)2;3-1-2(4)5/h3H,1-2H3,(H,6,7);3H,1H2,(H,4,5). The van der Waals surface area contributed by atoms with Crippen LogP contribution in [0.15, 0.2) is 6.20 Å². The van der Waals surface area contributed by atoms with Gasteiger partial charge in [-0.2, -0.15) is 5.10 Å². The molecule has 0 aliphatic carbocycles. The van der Waals surface area contributed by atoms with Crippen LogP contribution in [0.1, 0.15) is 11.3 Å².